The molecular weight excluding hydrogens is 341 g/mol. The minimum absolute atomic E-state index is 0.235. The Morgan fingerprint density at radius 2 is 1.74 bits per heavy atom. The van der Waals surface area contributed by atoms with Gasteiger partial charge in [-0.1, -0.05) is 29.3 Å². The maximum absolute atomic E-state index is 12.3. The highest BCUT2D eigenvalue weighted by atomic mass is 35.5. The van der Waals surface area contributed by atoms with Crippen molar-refractivity contribution in [2.75, 3.05) is 12.4 Å². The first kappa shape index (κ1) is 17.1. The predicted octanol–water partition coefficient (Wildman–Crippen LogP) is 4.18. The van der Waals surface area contributed by atoms with Crippen LogP contribution < -0.4 is 14.8 Å². The Morgan fingerprint density at radius 3 is 2.30 bits per heavy atom. The van der Waals surface area contributed by atoms with Gasteiger partial charge in [0.05, 0.1) is 17.2 Å². The fourth-order valence-corrected chi connectivity index (χ4v) is 2.53. The quantitative estimate of drug-likeness (QED) is 0.661. The molecule has 0 aliphatic heterocycles. The predicted molar refractivity (Wildman–Crippen MR) is 88.7 cm³/mol. The summed E-state index contributed by atoms with van der Waals surface area (Å²) in [4.78, 5) is 23.2. The third-order valence-corrected chi connectivity index (χ3v) is 3.38. The molecule has 7 heteroatoms. The van der Waals surface area contributed by atoms with Gasteiger partial charge in [0.1, 0.15) is 5.75 Å². The number of ether oxygens (including phenoxy) is 2. The van der Waals surface area contributed by atoms with Crippen molar-refractivity contribution in [1.29, 1.82) is 0 Å². The highest BCUT2D eigenvalue weighted by molar-refractivity contribution is 6.37. The van der Waals surface area contributed by atoms with Crippen LogP contribution in [0.25, 0.3) is 0 Å². The van der Waals surface area contributed by atoms with Crippen molar-refractivity contribution in [3.63, 3.8) is 0 Å². The lowest BCUT2D eigenvalue weighted by Crippen LogP contribution is -2.12. The third-order valence-electron chi connectivity index (χ3n) is 2.82. The number of anilines is 1. The van der Waals surface area contributed by atoms with E-state index in [1.165, 1.54) is 32.2 Å². The molecule has 120 valence electrons. The van der Waals surface area contributed by atoms with Crippen LogP contribution in [0.4, 0.5) is 5.69 Å². The molecule has 0 saturated carbocycles. The molecule has 5 nitrogen and oxygen atoms in total. The second-order valence-electron chi connectivity index (χ2n) is 4.55. The van der Waals surface area contributed by atoms with Gasteiger partial charge in [0.15, 0.2) is 5.75 Å². The molecule has 23 heavy (non-hydrogen) atoms. The Morgan fingerprint density at radius 1 is 1.09 bits per heavy atom. The monoisotopic (exact) mass is 353 g/mol. The van der Waals surface area contributed by atoms with E-state index >= 15 is 0 Å². The average molecular weight is 354 g/mol. The zero-order chi connectivity index (χ0) is 17.0. The molecule has 2 aromatic carbocycles. The van der Waals surface area contributed by atoms with E-state index in [1.54, 1.807) is 18.2 Å². The number of carbonyl (C=O) groups is 2. The van der Waals surface area contributed by atoms with Crippen molar-refractivity contribution in [1.82, 2.24) is 0 Å². The SMILES string of the molecule is COc1c(Cl)cc(C(=O)Nc2cccc(OC(C)=O)c2)cc1Cl. The molecule has 0 unspecified atom stereocenters. The molecule has 0 radical (unpaired) electrons. The Balaban J connectivity index is 2.21. The summed E-state index contributed by atoms with van der Waals surface area (Å²) in [5, 5.41) is 3.15. The van der Waals surface area contributed by atoms with Gasteiger partial charge >= 0.3 is 5.97 Å². The Hall–Kier alpha value is -2.24. The topological polar surface area (TPSA) is 64.6 Å². The van der Waals surface area contributed by atoms with Crippen molar-refractivity contribution in [2.24, 2.45) is 0 Å². The molecule has 1 N–H and O–H groups in total. The Labute approximate surface area is 143 Å². The van der Waals surface area contributed by atoms with Crippen molar-refractivity contribution in [3.8, 4) is 11.5 Å². The van der Waals surface area contributed by atoms with Gasteiger partial charge < -0.3 is 14.8 Å². The molecule has 0 bridgehead atoms. The van der Waals surface area contributed by atoms with Crippen LogP contribution >= 0.6 is 23.2 Å². The maximum Gasteiger partial charge on any atom is 0.308 e. The zero-order valence-corrected chi connectivity index (χ0v) is 13.9. The number of nitrogens with one attached hydrogen (secondary N) is 1. The maximum atomic E-state index is 12.3. The number of hydrogen-bond acceptors (Lipinski definition) is 4. The first-order valence-corrected chi connectivity index (χ1v) is 7.29. The zero-order valence-electron chi connectivity index (χ0n) is 12.4. The largest absolute Gasteiger partial charge is 0.494 e. The Bertz CT molecular complexity index is 738. The molecule has 0 aliphatic rings. The number of esters is 1. The first-order valence-electron chi connectivity index (χ1n) is 6.53. The number of hydrogen-bond donors (Lipinski definition) is 1. The molecule has 0 aliphatic carbocycles. The summed E-state index contributed by atoms with van der Waals surface area (Å²) in [6.45, 7) is 1.30. The summed E-state index contributed by atoms with van der Waals surface area (Å²) in [5.41, 5.74) is 0.746. The second kappa shape index (κ2) is 7.35. The number of carbonyl (C=O) groups excluding carboxylic acids is 2. The van der Waals surface area contributed by atoms with Crippen molar-refractivity contribution in [2.45, 2.75) is 6.92 Å². The normalized spacial score (nSPS) is 10.1. The molecule has 1 amide bonds. The second-order valence-corrected chi connectivity index (χ2v) is 5.36. The van der Waals surface area contributed by atoms with Crippen LogP contribution in [-0.4, -0.2) is 19.0 Å². The van der Waals surface area contributed by atoms with Crippen LogP contribution in [0.3, 0.4) is 0 Å². The molecule has 2 aromatic rings. The highest BCUT2D eigenvalue weighted by Crippen LogP contribution is 2.34. The lowest BCUT2D eigenvalue weighted by Gasteiger charge is -2.10. The van der Waals surface area contributed by atoms with Gasteiger partial charge in [0.2, 0.25) is 0 Å². The minimum Gasteiger partial charge on any atom is -0.494 e. The smallest absolute Gasteiger partial charge is 0.308 e. The van der Waals surface area contributed by atoms with Crippen LogP contribution in [0, 0.1) is 0 Å². The molecule has 0 fully saturated rings. The minimum atomic E-state index is -0.442. The molecule has 0 spiro atoms. The van der Waals surface area contributed by atoms with Gasteiger partial charge in [-0.05, 0) is 24.3 Å². The van der Waals surface area contributed by atoms with Gasteiger partial charge in [0.25, 0.3) is 5.91 Å². The van der Waals surface area contributed by atoms with E-state index in [1.807, 2.05) is 0 Å². The molecule has 0 saturated heterocycles. The molecule has 0 atom stereocenters. The summed E-state index contributed by atoms with van der Waals surface area (Å²) in [6, 6.07) is 9.37. The number of methoxy groups -OCH3 is 1. The van der Waals surface area contributed by atoms with Gasteiger partial charge in [-0.15, -0.1) is 0 Å². The van der Waals surface area contributed by atoms with Crippen molar-refractivity contribution in [3.05, 3.63) is 52.0 Å². The number of amides is 1. The van der Waals surface area contributed by atoms with Gasteiger partial charge in [0, 0.05) is 24.2 Å². The summed E-state index contributed by atoms with van der Waals surface area (Å²) < 4.78 is 10.00. The lowest BCUT2D eigenvalue weighted by atomic mass is 10.2. The van der Waals surface area contributed by atoms with E-state index in [0.29, 0.717) is 17.2 Å². The number of halogens is 2. The van der Waals surface area contributed by atoms with Crippen LogP contribution in [-0.2, 0) is 4.79 Å². The van der Waals surface area contributed by atoms with E-state index in [9.17, 15) is 9.59 Å². The molecule has 0 aromatic heterocycles. The summed E-state index contributed by atoms with van der Waals surface area (Å²) in [5.74, 6) is -0.207. The summed E-state index contributed by atoms with van der Waals surface area (Å²) in [7, 11) is 1.44. The summed E-state index contributed by atoms with van der Waals surface area (Å²) in [6.07, 6.45) is 0. The molecule has 0 heterocycles. The van der Waals surface area contributed by atoms with Gasteiger partial charge in [-0.3, -0.25) is 9.59 Å². The standard InChI is InChI=1S/C16H13Cl2NO4/c1-9(20)23-12-5-3-4-11(8-12)19-16(21)10-6-13(17)15(22-2)14(18)7-10/h3-8H,1-2H3,(H,19,21). The van der Waals surface area contributed by atoms with Crippen LogP contribution in [0.15, 0.2) is 36.4 Å². The summed E-state index contributed by atoms with van der Waals surface area (Å²) >= 11 is 12.0. The number of rotatable bonds is 4. The van der Waals surface area contributed by atoms with E-state index < -0.39 is 11.9 Å². The van der Waals surface area contributed by atoms with Crippen molar-refractivity contribution >= 4 is 40.8 Å². The fraction of sp³-hybridized carbons (Fsp3) is 0.125. The highest BCUT2D eigenvalue weighted by Gasteiger charge is 2.14. The van der Waals surface area contributed by atoms with E-state index in [2.05, 4.69) is 5.32 Å². The van der Waals surface area contributed by atoms with Gasteiger partial charge in [-0.25, -0.2) is 0 Å². The molecular formula is C16H13Cl2NO4. The van der Waals surface area contributed by atoms with Crippen LogP contribution in [0.1, 0.15) is 17.3 Å². The van der Waals surface area contributed by atoms with Gasteiger partial charge in [-0.2, -0.15) is 0 Å². The van der Waals surface area contributed by atoms with E-state index in [4.69, 9.17) is 32.7 Å². The first-order chi connectivity index (χ1) is 10.9. The number of benzene rings is 2. The average Bonchev–Trinajstić information content (AvgIpc) is 2.46. The Kier molecular flexibility index (Phi) is 5.47. The third kappa shape index (κ3) is 4.37. The van der Waals surface area contributed by atoms with Crippen LogP contribution in [0.2, 0.25) is 10.0 Å². The van der Waals surface area contributed by atoms with Crippen LogP contribution in [0.5, 0.6) is 11.5 Å². The van der Waals surface area contributed by atoms with E-state index in [0.717, 1.165) is 0 Å². The van der Waals surface area contributed by atoms with Crippen molar-refractivity contribution < 1.29 is 19.1 Å². The van der Waals surface area contributed by atoms with E-state index in [-0.39, 0.29) is 15.6 Å². The fourth-order valence-electron chi connectivity index (χ4n) is 1.89. The lowest BCUT2D eigenvalue weighted by molar-refractivity contribution is -0.131. The molecule has 2 rings (SSSR count).